The van der Waals surface area contributed by atoms with Crippen LogP contribution in [0, 0.1) is 5.92 Å². The van der Waals surface area contributed by atoms with Crippen LogP contribution in [0.2, 0.25) is 0 Å². The third-order valence-corrected chi connectivity index (χ3v) is 2.72. The maximum atomic E-state index is 11.3. The molecular formula is C14H19NO4. The maximum absolute atomic E-state index is 11.3. The average molecular weight is 265 g/mol. The van der Waals surface area contributed by atoms with Crippen molar-refractivity contribution >= 4 is 12.1 Å². The smallest absolute Gasteiger partial charge is 0.407 e. The van der Waals surface area contributed by atoms with Gasteiger partial charge in [0.2, 0.25) is 0 Å². The van der Waals surface area contributed by atoms with Crippen LogP contribution in [0.5, 0.6) is 0 Å². The molecule has 1 unspecified atom stereocenters. The van der Waals surface area contributed by atoms with Crippen molar-refractivity contribution in [3.8, 4) is 0 Å². The van der Waals surface area contributed by atoms with Crippen LogP contribution >= 0.6 is 0 Å². The predicted molar refractivity (Wildman–Crippen MR) is 70.7 cm³/mol. The van der Waals surface area contributed by atoms with E-state index in [1.54, 1.807) is 6.92 Å². The number of alkyl carbamates (subject to hydrolysis) is 1. The molecule has 0 aliphatic carbocycles. The number of carbonyl (C=O) groups excluding carboxylic acids is 1. The molecule has 1 aromatic rings. The molecular weight excluding hydrogens is 246 g/mol. The maximum Gasteiger partial charge on any atom is 0.407 e. The van der Waals surface area contributed by atoms with Gasteiger partial charge in [0.25, 0.3) is 0 Å². The molecule has 0 aliphatic heterocycles. The molecule has 2 N–H and O–H groups in total. The van der Waals surface area contributed by atoms with E-state index in [1.165, 1.54) is 0 Å². The van der Waals surface area contributed by atoms with Gasteiger partial charge in [-0.3, -0.25) is 4.79 Å². The third kappa shape index (κ3) is 6.45. The number of hydrogen-bond donors (Lipinski definition) is 2. The van der Waals surface area contributed by atoms with Crippen molar-refractivity contribution in [3.63, 3.8) is 0 Å². The zero-order valence-corrected chi connectivity index (χ0v) is 11.0. The zero-order chi connectivity index (χ0) is 14.1. The molecule has 0 saturated carbocycles. The van der Waals surface area contributed by atoms with E-state index in [0.29, 0.717) is 19.4 Å². The largest absolute Gasteiger partial charge is 0.481 e. The van der Waals surface area contributed by atoms with Crippen LogP contribution in [0.1, 0.15) is 25.3 Å². The van der Waals surface area contributed by atoms with Gasteiger partial charge in [0.15, 0.2) is 0 Å². The molecule has 104 valence electrons. The van der Waals surface area contributed by atoms with Gasteiger partial charge in [-0.25, -0.2) is 4.79 Å². The molecule has 1 rings (SSSR count). The summed E-state index contributed by atoms with van der Waals surface area (Å²) in [7, 11) is 0. The van der Waals surface area contributed by atoms with E-state index in [0.717, 1.165) is 5.56 Å². The standard InChI is InChI=1S/C14H19NO4/c1-11(13(16)17)6-5-9-15-14(18)19-10-12-7-3-2-4-8-12/h2-4,7-8,11H,5-6,9-10H2,1H3,(H,15,18)(H,16,17). The molecule has 5 nitrogen and oxygen atoms in total. The molecule has 19 heavy (non-hydrogen) atoms. The Morgan fingerprint density at radius 1 is 1.32 bits per heavy atom. The number of benzene rings is 1. The van der Waals surface area contributed by atoms with Crippen molar-refractivity contribution in [1.82, 2.24) is 5.32 Å². The Morgan fingerprint density at radius 3 is 2.63 bits per heavy atom. The minimum Gasteiger partial charge on any atom is -0.481 e. The molecule has 0 spiro atoms. The van der Waals surface area contributed by atoms with E-state index < -0.39 is 12.1 Å². The fourth-order valence-electron chi connectivity index (χ4n) is 1.50. The number of amides is 1. The number of ether oxygens (including phenoxy) is 1. The Hall–Kier alpha value is -2.04. The molecule has 0 saturated heterocycles. The van der Waals surface area contributed by atoms with E-state index >= 15 is 0 Å². The van der Waals surface area contributed by atoms with E-state index in [4.69, 9.17) is 9.84 Å². The van der Waals surface area contributed by atoms with Gasteiger partial charge < -0.3 is 15.2 Å². The van der Waals surface area contributed by atoms with Crippen LogP contribution < -0.4 is 5.32 Å². The molecule has 0 bridgehead atoms. The summed E-state index contributed by atoms with van der Waals surface area (Å²) in [5.74, 6) is -1.20. The molecule has 0 heterocycles. The van der Waals surface area contributed by atoms with Crippen LogP contribution in [0.3, 0.4) is 0 Å². The summed E-state index contributed by atoms with van der Waals surface area (Å²) < 4.78 is 5.02. The summed E-state index contributed by atoms with van der Waals surface area (Å²) in [4.78, 5) is 21.9. The number of hydrogen-bond acceptors (Lipinski definition) is 3. The molecule has 0 fully saturated rings. The lowest BCUT2D eigenvalue weighted by Gasteiger charge is -2.08. The first-order valence-corrected chi connectivity index (χ1v) is 6.27. The Labute approximate surface area is 112 Å². The highest BCUT2D eigenvalue weighted by molar-refractivity contribution is 5.69. The highest BCUT2D eigenvalue weighted by Crippen LogP contribution is 2.04. The summed E-state index contributed by atoms with van der Waals surface area (Å²) in [6.07, 6.45) is 0.675. The third-order valence-electron chi connectivity index (χ3n) is 2.72. The monoisotopic (exact) mass is 265 g/mol. The first-order chi connectivity index (χ1) is 9.09. The number of nitrogens with one attached hydrogen (secondary N) is 1. The number of carboxylic acid groups (broad SMARTS) is 1. The van der Waals surface area contributed by atoms with Gasteiger partial charge in [0, 0.05) is 6.54 Å². The van der Waals surface area contributed by atoms with Crippen molar-refractivity contribution in [2.24, 2.45) is 5.92 Å². The van der Waals surface area contributed by atoms with E-state index in [-0.39, 0.29) is 12.5 Å². The van der Waals surface area contributed by atoms with Crippen molar-refractivity contribution in [3.05, 3.63) is 35.9 Å². The Kier molecular flexibility index (Phi) is 6.43. The van der Waals surface area contributed by atoms with Crippen molar-refractivity contribution in [2.45, 2.75) is 26.4 Å². The lowest BCUT2D eigenvalue weighted by molar-refractivity contribution is -0.141. The number of rotatable bonds is 7. The van der Waals surface area contributed by atoms with E-state index in [2.05, 4.69) is 5.32 Å². The Balaban J connectivity index is 2.10. The molecule has 0 aliphatic rings. The van der Waals surface area contributed by atoms with Crippen molar-refractivity contribution in [1.29, 1.82) is 0 Å². The topological polar surface area (TPSA) is 75.6 Å². The van der Waals surface area contributed by atoms with Crippen molar-refractivity contribution < 1.29 is 19.4 Å². The second kappa shape index (κ2) is 8.13. The minimum absolute atomic E-state index is 0.234. The summed E-state index contributed by atoms with van der Waals surface area (Å²) in [5.41, 5.74) is 0.928. The van der Waals surface area contributed by atoms with Crippen LogP contribution in [-0.4, -0.2) is 23.7 Å². The number of carboxylic acids is 1. The highest BCUT2D eigenvalue weighted by atomic mass is 16.5. The quantitative estimate of drug-likeness (QED) is 0.742. The van der Waals surface area contributed by atoms with Gasteiger partial charge in [-0.1, -0.05) is 37.3 Å². The molecule has 1 atom stereocenters. The van der Waals surface area contributed by atoms with Crippen LogP contribution in [0.4, 0.5) is 4.79 Å². The van der Waals surface area contributed by atoms with Gasteiger partial charge in [-0.05, 0) is 18.4 Å². The summed E-state index contributed by atoms with van der Waals surface area (Å²) >= 11 is 0. The van der Waals surface area contributed by atoms with Gasteiger partial charge in [0.1, 0.15) is 6.61 Å². The van der Waals surface area contributed by atoms with Crippen molar-refractivity contribution in [2.75, 3.05) is 6.54 Å². The normalized spacial score (nSPS) is 11.6. The van der Waals surface area contributed by atoms with E-state index in [1.807, 2.05) is 30.3 Å². The second-order valence-electron chi connectivity index (χ2n) is 4.37. The first-order valence-electron chi connectivity index (χ1n) is 6.27. The second-order valence-corrected chi connectivity index (χ2v) is 4.37. The lowest BCUT2D eigenvalue weighted by Crippen LogP contribution is -2.25. The van der Waals surface area contributed by atoms with E-state index in [9.17, 15) is 9.59 Å². The van der Waals surface area contributed by atoms with Crippen LogP contribution in [-0.2, 0) is 16.1 Å². The Morgan fingerprint density at radius 2 is 2.00 bits per heavy atom. The van der Waals surface area contributed by atoms with Crippen LogP contribution in [0.25, 0.3) is 0 Å². The fourth-order valence-corrected chi connectivity index (χ4v) is 1.50. The van der Waals surface area contributed by atoms with Gasteiger partial charge >= 0.3 is 12.1 Å². The summed E-state index contributed by atoms with van der Waals surface area (Å²) in [6, 6.07) is 9.41. The van der Waals surface area contributed by atoms with Crippen LogP contribution in [0.15, 0.2) is 30.3 Å². The molecule has 0 aromatic heterocycles. The Bertz CT molecular complexity index is 405. The minimum atomic E-state index is -0.813. The lowest BCUT2D eigenvalue weighted by atomic mass is 10.1. The van der Waals surface area contributed by atoms with Gasteiger partial charge in [0.05, 0.1) is 5.92 Å². The zero-order valence-electron chi connectivity index (χ0n) is 11.0. The highest BCUT2D eigenvalue weighted by Gasteiger charge is 2.10. The molecule has 0 radical (unpaired) electrons. The molecule has 1 amide bonds. The first kappa shape index (κ1) is 15.0. The van der Waals surface area contributed by atoms with Gasteiger partial charge in [-0.15, -0.1) is 0 Å². The number of aliphatic carboxylic acids is 1. The molecule has 1 aromatic carbocycles. The fraction of sp³-hybridized carbons (Fsp3) is 0.429. The summed E-state index contributed by atoms with van der Waals surface area (Å²) in [6.45, 7) is 2.31. The molecule has 5 heteroatoms. The SMILES string of the molecule is CC(CCCNC(=O)OCc1ccccc1)C(=O)O. The average Bonchev–Trinajstić information content (AvgIpc) is 2.42. The van der Waals surface area contributed by atoms with Gasteiger partial charge in [-0.2, -0.15) is 0 Å². The summed E-state index contributed by atoms with van der Waals surface area (Å²) in [5, 5.41) is 11.3. The number of carbonyl (C=O) groups is 2. The predicted octanol–water partition coefficient (Wildman–Crippen LogP) is 2.41.